The van der Waals surface area contributed by atoms with Crippen molar-refractivity contribution in [2.24, 2.45) is 0 Å². The molecule has 0 saturated carbocycles. The lowest BCUT2D eigenvalue weighted by molar-refractivity contribution is 0.321. The van der Waals surface area contributed by atoms with Crippen molar-refractivity contribution in [3.63, 3.8) is 0 Å². The smallest absolute Gasteiger partial charge is 0.142 e. The van der Waals surface area contributed by atoms with Crippen LogP contribution in [0, 0.1) is 0 Å². The maximum Gasteiger partial charge on any atom is 0.142 e. The molecule has 0 atom stereocenters. The molecule has 2 aromatic rings. The van der Waals surface area contributed by atoms with Gasteiger partial charge in [0.05, 0.1) is 19.4 Å². The Morgan fingerprint density at radius 1 is 1.28 bits per heavy atom. The monoisotopic (exact) mass is 244 g/mol. The summed E-state index contributed by atoms with van der Waals surface area (Å²) in [5, 5.41) is 0. The highest BCUT2D eigenvalue weighted by Crippen LogP contribution is 2.25. The minimum atomic E-state index is 0.580. The van der Waals surface area contributed by atoms with Crippen LogP contribution in [0.15, 0.2) is 42.7 Å². The first-order valence-electron chi connectivity index (χ1n) is 5.75. The second-order valence-corrected chi connectivity index (χ2v) is 3.86. The number of pyridine rings is 1. The summed E-state index contributed by atoms with van der Waals surface area (Å²) in [5.41, 5.74) is 7.53. The standard InChI is InChI=1S/C14H16N2O2/c1-17-14-5-4-12(9-13(14)15)18-8-6-11-3-2-7-16-10-11/h2-5,7,9-10H,6,8,15H2,1H3. The van der Waals surface area contributed by atoms with Gasteiger partial charge in [0.25, 0.3) is 0 Å². The number of hydrogen-bond donors (Lipinski definition) is 1. The number of rotatable bonds is 5. The van der Waals surface area contributed by atoms with E-state index in [0.717, 1.165) is 17.7 Å². The van der Waals surface area contributed by atoms with E-state index in [4.69, 9.17) is 15.2 Å². The summed E-state index contributed by atoms with van der Waals surface area (Å²) in [6, 6.07) is 9.36. The van der Waals surface area contributed by atoms with Gasteiger partial charge in [-0.3, -0.25) is 4.98 Å². The largest absolute Gasteiger partial charge is 0.495 e. The first kappa shape index (κ1) is 12.2. The Bertz CT molecular complexity index is 500. The summed E-state index contributed by atoms with van der Waals surface area (Å²) < 4.78 is 10.7. The van der Waals surface area contributed by atoms with Crippen LogP contribution in [0.25, 0.3) is 0 Å². The highest BCUT2D eigenvalue weighted by Gasteiger charge is 2.01. The van der Waals surface area contributed by atoms with Crippen LogP contribution in [0.4, 0.5) is 5.69 Å². The van der Waals surface area contributed by atoms with Gasteiger partial charge in [-0.25, -0.2) is 0 Å². The fourth-order valence-corrected chi connectivity index (χ4v) is 1.63. The Kier molecular flexibility index (Phi) is 4.02. The summed E-state index contributed by atoms with van der Waals surface area (Å²) in [6.07, 6.45) is 4.42. The molecule has 2 N–H and O–H groups in total. The fraction of sp³-hybridized carbons (Fsp3) is 0.214. The zero-order valence-electron chi connectivity index (χ0n) is 10.3. The lowest BCUT2D eigenvalue weighted by Gasteiger charge is -2.09. The quantitative estimate of drug-likeness (QED) is 0.820. The van der Waals surface area contributed by atoms with Gasteiger partial charge in [0, 0.05) is 24.9 Å². The van der Waals surface area contributed by atoms with Crippen molar-refractivity contribution < 1.29 is 9.47 Å². The minimum Gasteiger partial charge on any atom is -0.495 e. The Balaban J connectivity index is 1.89. The molecule has 0 spiro atoms. The molecule has 1 aromatic carbocycles. The van der Waals surface area contributed by atoms with Crippen LogP contribution in [0.3, 0.4) is 0 Å². The van der Waals surface area contributed by atoms with Crippen molar-refractivity contribution in [3.05, 3.63) is 48.3 Å². The number of methoxy groups -OCH3 is 1. The molecular formula is C14H16N2O2. The molecule has 94 valence electrons. The van der Waals surface area contributed by atoms with Gasteiger partial charge < -0.3 is 15.2 Å². The lowest BCUT2D eigenvalue weighted by Crippen LogP contribution is -2.02. The molecule has 18 heavy (non-hydrogen) atoms. The second kappa shape index (κ2) is 5.91. The predicted molar refractivity (Wildman–Crippen MR) is 70.8 cm³/mol. The van der Waals surface area contributed by atoms with Gasteiger partial charge in [0.2, 0.25) is 0 Å². The van der Waals surface area contributed by atoms with E-state index in [-0.39, 0.29) is 0 Å². The number of nitrogens with zero attached hydrogens (tertiary/aromatic N) is 1. The van der Waals surface area contributed by atoms with Gasteiger partial charge in [-0.05, 0) is 23.8 Å². The number of ether oxygens (including phenoxy) is 2. The average Bonchev–Trinajstić information content (AvgIpc) is 2.40. The molecule has 1 aromatic heterocycles. The van der Waals surface area contributed by atoms with E-state index in [1.165, 1.54) is 0 Å². The number of nitrogen functional groups attached to an aromatic ring is 1. The highest BCUT2D eigenvalue weighted by atomic mass is 16.5. The molecule has 0 aliphatic rings. The van der Waals surface area contributed by atoms with E-state index in [2.05, 4.69) is 4.98 Å². The highest BCUT2D eigenvalue weighted by molar-refractivity contribution is 5.56. The summed E-state index contributed by atoms with van der Waals surface area (Å²) in [4.78, 5) is 4.06. The lowest BCUT2D eigenvalue weighted by atomic mass is 10.2. The van der Waals surface area contributed by atoms with E-state index in [1.807, 2.05) is 24.4 Å². The SMILES string of the molecule is COc1ccc(OCCc2cccnc2)cc1N. The van der Waals surface area contributed by atoms with Crippen LogP contribution >= 0.6 is 0 Å². The zero-order valence-corrected chi connectivity index (χ0v) is 10.3. The summed E-state index contributed by atoms with van der Waals surface area (Å²) in [7, 11) is 1.59. The number of hydrogen-bond acceptors (Lipinski definition) is 4. The maximum absolute atomic E-state index is 5.80. The Morgan fingerprint density at radius 2 is 2.17 bits per heavy atom. The van der Waals surface area contributed by atoms with Crippen LogP contribution in [-0.4, -0.2) is 18.7 Å². The first-order chi connectivity index (χ1) is 8.79. The Hall–Kier alpha value is -2.23. The maximum atomic E-state index is 5.80. The van der Waals surface area contributed by atoms with Crippen LogP contribution in [0.5, 0.6) is 11.5 Å². The molecule has 0 radical (unpaired) electrons. The minimum absolute atomic E-state index is 0.580. The molecule has 0 unspecified atom stereocenters. The van der Waals surface area contributed by atoms with Crippen LogP contribution in [0.1, 0.15) is 5.56 Å². The normalized spacial score (nSPS) is 10.1. The topological polar surface area (TPSA) is 57.4 Å². The Morgan fingerprint density at radius 3 is 2.83 bits per heavy atom. The van der Waals surface area contributed by atoms with Crippen LogP contribution in [-0.2, 0) is 6.42 Å². The molecule has 0 aliphatic carbocycles. The molecule has 1 heterocycles. The Labute approximate surface area is 106 Å². The van der Waals surface area contributed by atoms with E-state index in [0.29, 0.717) is 18.0 Å². The van der Waals surface area contributed by atoms with E-state index in [9.17, 15) is 0 Å². The summed E-state index contributed by atoms with van der Waals surface area (Å²) >= 11 is 0. The fourth-order valence-electron chi connectivity index (χ4n) is 1.63. The molecule has 0 saturated heterocycles. The molecule has 0 bridgehead atoms. The van der Waals surface area contributed by atoms with Crippen molar-refractivity contribution in [2.45, 2.75) is 6.42 Å². The van der Waals surface area contributed by atoms with Crippen molar-refractivity contribution in [3.8, 4) is 11.5 Å². The third kappa shape index (κ3) is 3.13. The van der Waals surface area contributed by atoms with Crippen molar-refractivity contribution >= 4 is 5.69 Å². The van der Waals surface area contributed by atoms with E-state index >= 15 is 0 Å². The number of nitrogens with two attached hydrogens (primary N) is 1. The molecule has 0 aliphatic heterocycles. The number of anilines is 1. The molecule has 0 fully saturated rings. The molecular weight excluding hydrogens is 228 g/mol. The van der Waals surface area contributed by atoms with Crippen molar-refractivity contribution in [1.82, 2.24) is 4.98 Å². The zero-order chi connectivity index (χ0) is 12.8. The van der Waals surface area contributed by atoms with Gasteiger partial charge in [-0.2, -0.15) is 0 Å². The number of benzene rings is 1. The summed E-state index contributed by atoms with van der Waals surface area (Å²) in [5.74, 6) is 1.41. The van der Waals surface area contributed by atoms with Gasteiger partial charge >= 0.3 is 0 Å². The summed E-state index contributed by atoms with van der Waals surface area (Å²) in [6.45, 7) is 0.595. The van der Waals surface area contributed by atoms with Crippen LogP contribution in [0.2, 0.25) is 0 Å². The first-order valence-corrected chi connectivity index (χ1v) is 5.75. The third-order valence-electron chi connectivity index (χ3n) is 2.58. The van der Waals surface area contributed by atoms with Crippen molar-refractivity contribution in [1.29, 1.82) is 0 Å². The van der Waals surface area contributed by atoms with Crippen molar-refractivity contribution in [2.75, 3.05) is 19.5 Å². The van der Waals surface area contributed by atoms with Gasteiger partial charge in [0.15, 0.2) is 0 Å². The molecule has 4 heteroatoms. The molecule has 2 rings (SSSR count). The molecule has 4 nitrogen and oxygen atoms in total. The predicted octanol–water partition coefficient (Wildman–Crippen LogP) is 2.29. The van der Waals surface area contributed by atoms with E-state index in [1.54, 1.807) is 25.4 Å². The second-order valence-electron chi connectivity index (χ2n) is 3.86. The van der Waals surface area contributed by atoms with Gasteiger partial charge in [0.1, 0.15) is 11.5 Å². The van der Waals surface area contributed by atoms with E-state index < -0.39 is 0 Å². The average molecular weight is 244 g/mol. The number of aromatic nitrogens is 1. The van der Waals surface area contributed by atoms with Crippen LogP contribution < -0.4 is 15.2 Å². The van der Waals surface area contributed by atoms with Gasteiger partial charge in [-0.1, -0.05) is 6.07 Å². The third-order valence-corrected chi connectivity index (χ3v) is 2.58. The van der Waals surface area contributed by atoms with Gasteiger partial charge in [-0.15, -0.1) is 0 Å². The molecule has 0 amide bonds.